The van der Waals surface area contributed by atoms with Gasteiger partial charge < -0.3 is 4.74 Å². The Morgan fingerprint density at radius 3 is 2.81 bits per heavy atom. The lowest BCUT2D eigenvalue weighted by Crippen LogP contribution is -2.39. The van der Waals surface area contributed by atoms with Gasteiger partial charge in [-0.05, 0) is 30.3 Å². The van der Waals surface area contributed by atoms with Gasteiger partial charge in [-0.15, -0.1) is 16.4 Å². The van der Waals surface area contributed by atoms with Gasteiger partial charge in [0, 0.05) is 23.2 Å². The molecule has 0 fully saturated rings. The van der Waals surface area contributed by atoms with Gasteiger partial charge in [0.2, 0.25) is 0 Å². The molecule has 8 nitrogen and oxygen atoms in total. The molecule has 31 heavy (non-hydrogen) atoms. The van der Waals surface area contributed by atoms with Crippen LogP contribution >= 0.6 is 22.9 Å². The predicted octanol–water partition coefficient (Wildman–Crippen LogP) is 3.39. The van der Waals surface area contributed by atoms with Gasteiger partial charge in [0.15, 0.2) is 17.4 Å². The molecule has 0 spiro atoms. The van der Waals surface area contributed by atoms with Crippen LogP contribution < -0.4 is 16.0 Å². The van der Waals surface area contributed by atoms with Crippen LogP contribution in [0.15, 0.2) is 46.1 Å². The highest BCUT2D eigenvalue weighted by Crippen LogP contribution is 2.38. The van der Waals surface area contributed by atoms with Crippen molar-refractivity contribution < 1.29 is 9.13 Å². The van der Waals surface area contributed by atoms with Crippen LogP contribution in [0.3, 0.4) is 0 Å². The Morgan fingerprint density at radius 1 is 1.32 bits per heavy atom. The monoisotopic (exact) mass is 457 g/mol. The van der Waals surface area contributed by atoms with Crippen molar-refractivity contribution in [2.75, 3.05) is 7.11 Å². The van der Waals surface area contributed by atoms with E-state index in [1.807, 2.05) is 6.07 Å². The lowest BCUT2D eigenvalue weighted by molar-refractivity contribution is 0.387. The van der Waals surface area contributed by atoms with Gasteiger partial charge in [-0.3, -0.25) is 9.36 Å². The Kier molecular flexibility index (Phi) is 5.54. The van der Waals surface area contributed by atoms with E-state index in [0.717, 1.165) is 22.0 Å². The molecule has 0 amide bonds. The van der Waals surface area contributed by atoms with E-state index in [0.29, 0.717) is 16.0 Å². The van der Waals surface area contributed by atoms with E-state index < -0.39 is 17.1 Å². The van der Waals surface area contributed by atoms with Gasteiger partial charge in [0.05, 0.1) is 30.1 Å². The first kappa shape index (κ1) is 20.7. The molecule has 0 aliphatic heterocycles. The van der Waals surface area contributed by atoms with E-state index in [2.05, 4.69) is 10.2 Å². The number of hydrogen-bond donors (Lipinski definition) is 0. The van der Waals surface area contributed by atoms with E-state index in [4.69, 9.17) is 21.6 Å². The SMILES string of the molecule is COc1cc(-c2cc3c(s2)c(=O)n(-c2cccnn2)c(=O)n3CCC#N)c(Cl)cc1F. The Morgan fingerprint density at radius 2 is 2.13 bits per heavy atom. The average Bonchev–Trinajstić information content (AvgIpc) is 3.20. The zero-order valence-corrected chi connectivity index (χ0v) is 17.6. The van der Waals surface area contributed by atoms with Crippen LogP contribution in [0.2, 0.25) is 5.02 Å². The number of aromatic nitrogens is 4. The molecule has 1 aromatic carbocycles. The molecule has 3 aromatic heterocycles. The third-order valence-electron chi connectivity index (χ3n) is 4.56. The number of fused-ring (bicyclic) bond motifs is 1. The first-order valence-electron chi connectivity index (χ1n) is 8.94. The van der Waals surface area contributed by atoms with E-state index in [1.165, 1.54) is 30.0 Å². The highest BCUT2D eigenvalue weighted by atomic mass is 35.5. The summed E-state index contributed by atoms with van der Waals surface area (Å²) >= 11 is 7.33. The molecule has 0 saturated carbocycles. The lowest BCUT2D eigenvalue weighted by atomic mass is 10.1. The summed E-state index contributed by atoms with van der Waals surface area (Å²) in [4.78, 5) is 26.9. The number of aryl methyl sites for hydroxylation is 1. The van der Waals surface area contributed by atoms with E-state index in [-0.39, 0.29) is 34.3 Å². The molecule has 0 unspecified atom stereocenters. The van der Waals surface area contributed by atoms with Gasteiger partial charge in [-0.2, -0.15) is 10.4 Å². The molecule has 4 aromatic rings. The molecule has 0 saturated heterocycles. The number of hydrogen-bond acceptors (Lipinski definition) is 7. The van der Waals surface area contributed by atoms with E-state index in [9.17, 15) is 14.0 Å². The molecular formula is C20H13ClFN5O3S. The second-order valence-electron chi connectivity index (χ2n) is 6.36. The average molecular weight is 458 g/mol. The Bertz CT molecular complexity index is 1460. The van der Waals surface area contributed by atoms with Crippen molar-refractivity contribution in [3.63, 3.8) is 0 Å². The van der Waals surface area contributed by atoms with Crippen LogP contribution in [0.5, 0.6) is 5.75 Å². The fourth-order valence-corrected chi connectivity index (χ4v) is 4.58. The van der Waals surface area contributed by atoms with Crippen LogP contribution in [0.25, 0.3) is 26.5 Å². The van der Waals surface area contributed by atoms with Crippen molar-refractivity contribution in [2.45, 2.75) is 13.0 Å². The maximum atomic E-state index is 14.0. The van der Waals surface area contributed by atoms with Gasteiger partial charge in [0.1, 0.15) is 4.70 Å². The number of rotatable bonds is 5. The fourth-order valence-electron chi connectivity index (χ4n) is 3.15. The van der Waals surface area contributed by atoms with Crippen molar-refractivity contribution in [3.8, 4) is 28.1 Å². The summed E-state index contributed by atoms with van der Waals surface area (Å²) < 4.78 is 21.5. The molecule has 0 aliphatic rings. The first-order chi connectivity index (χ1) is 15.0. The normalized spacial score (nSPS) is 10.9. The highest BCUT2D eigenvalue weighted by molar-refractivity contribution is 7.22. The fraction of sp³-hybridized carbons (Fsp3) is 0.150. The third kappa shape index (κ3) is 3.58. The van der Waals surface area contributed by atoms with Gasteiger partial charge in [-0.1, -0.05) is 11.6 Å². The predicted molar refractivity (Wildman–Crippen MR) is 114 cm³/mol. The van der Waals surface area contributed by atoms with E-state index in [1.54, 1.807) is 12.1 Å². The summed E-state index contributed by atoms with van der Waals surface area (Å²) in [5, 5.41) is 16.7. The van der Waals surface area contributed by atoms with Crippen LogP contribution in [0.1, 0.15) is 6.42 Å². The maximum absolute atomic E-state index is 14.0. The smallest absolute Gasteiger partial charge is 0.337 e. The number of benzene rings is 1. The van der Waals surface area contributed by atoms with Crippen LogP contribution in [0, 0.1) is 17.1 Å². The summed E-state index contributed by atoms with van der Waals surface area (Å²) in [6.45, 7) is 0.0724. The quantitative estimate of drug-likeness (QED) is 0.455. The standard InChI is InChI=1S/C20H13ClFN5O3S/c1-30-15-8-11(12(21)9-13(15)22)16-10-14-18(31-16)19(28)27(17-4-2-6-24-25-17)20(29)26(14)7-3-5-23/h2,4,6,8-10H,3,7H2,1H3. The second-order valence-corrected chi connectivity index (χ2v) is 7.82. The summed E-state index contributed by atoms with van der Waals surface area (Å²) in [5.41, 5.74) is -0.411. The van der Waals surface area contributed by atoms with Crippen molar-refractivity contribution in [3.05, 3.63) is 68.2 Å². The lowest BCUT2D eigenvalue weighted by Gasteiger charge is -2.09. The van der Waals surface area contributed by atoms with Gasteiger partial charge in [0.25, 0.3) is 5.56 Å². The molecular weight excluding hydrogens is 445 g/mol. The van der Waals surface area contributed by atoms with Gasteiger partial charge in [-0.25, -0.2) is 13.8 Å². The zero-order chi connectivity index (χ0) is 22.1. The minimum atomic E-state index is -0.639. The van der Waals surface area contributed by atoms with E-state index >= 15 is 0 Å². The Balaban J connectivity index is 2.04. The topological polar surface area (TPSA) is 103 Å². The molecule has 4 rings (SSSR count). The summed E-state index contributed by atoms with van der Waals surface area (Å²) in [6, 6.07) is 9.23. The molecule has 156 valence electrons. The number of ether oxygens (including phenoxy) is 1. The molecule has 0 atom stereocenters. The zero-order valence-electron chi connectivity index (χ0n) is 16.0. The highest BCUT2D eigenvalue weighted by Gasteiger charge is 2.20. The third-order valence-corrected chi connectivity index (χ3v) is 6.02. The van der Waals surface area contributed by atoms with Crippen LogP contribution in [-0.4, -0.2) is 26.4 Å². The van der Waals surface area contributed by atoms with Crippen LogP contribution in [-0.2, 0) is 6.54 Å². The molecule has 3 heterocycles. The minimum absolute atomic E-state index is 0.00398. The van der Waals surface area contributed by atoms with Crippen molar-refractivity contribution in [1.82, 2.24) is 19.3 Å². The summed E-state index contributed by atoms with van der Waals surface area (Å²) in [5.74, 6) is -0.550. The number of halogens is 2. The number of nitrogens with zero attached hydrogens (tertiary/aromatic N) is 5. The molecule has 0 radical (unpaired) electrons. The Hall–Kier alpha value is -3.55. The maximum Gasteiger partial charge on any atom is 0.337 e. The number of methoxy groups -OCH3 is 1. The Labute approximate surface area is 183 Å². The summed E-state index contributed by atoms with van der Waals surface area (Å²) in [7, 11) is 1.33. The molecule has 0 bridgehead atoms. The first-order valence-corrected chi connectivity index (χ1v) is 10.1. The second kappa shape index (κ2) is 8.29. The van der Waals surface area contributed by atoms with Gasteiger partial charge >= 0.3 is 5.69 Å². The van der Waals surface area contributed by atoms with Crippen molar-refractivity contribution >= 4 is 33.2 Å². The molecule has 0 aliphatic carbocycles. The molecule has 11 heteroatoms. The summed E-state index contributed by atoms with van der Waals surface area (Å²) in [6.07, 6.45) is 1.48. The van der Waals surface area contributed by atoms with Crippen LogP contribution in [0.4, 0.5) is 4.39 Å². The van der Waals surface area contributed by atoms with Crippen molar-refractivity contribution in [1.29, 1.82) is 5.26 Å². The van der Waals surface area contributed by atoms with Crippen molar-refractivity contribution in [2.24, 2.45) is 0 Å². The minimum Gasteiger partial charge on any atom is -0.494 e. The largest absolute Gasteiger partial charge is 0.494 e. The molecule has 0 N–H and O–H groups in total. The number of nitriles is 1. The number of thiophene rings is 1.